The van der Waals surface area contributed by atoms with Gasteiger partial charge in [-0.15, -0.1) is 0 Å². The van der Waals surface area contributed by atoms with Crippen LogP contribution in [-0.4, -0.2) is 49.4 Å². The number of carbonyl (C=O) groups excluding carboxylic acids is 3. The Labute approximate surface area is 132 Å². The summed E-state index contributed by atoms with van der Waals surface area (Å²) in [6.07, 6.45) is 2.30. The van der Waals surface area contributed by atoms with Crippen LogP contribution in [0.25, 0.3) is 0 Å². The molecule has 0 bridgehead atoms. The van der Waals surface area contributed by atoms with E-state index >= 15 is 0 Å². The lowest BCUT2D eigenvalue weighted by Gasteiger charge is -2.26. The molecule has 0 atom stereocenters. The average Bonchev–Trinajstić information content (AvgIpc) is 2.59. The van der Waals surface area contributed by atoms with Crippen molar-refractivity contribution in [1.82, 2.24) is 10.2 Å². The van der Waals surface area contributed by atoms with Gasteiger partial charge < -0.3 is 15.0 Å². The second kappa shape index (κ2) is 7.53. The fraction of sp³-hybridized carbons (Fsp3) is 0.312. The first-order valence-electron chi connectivity index (χ1n) is 7.10. The minimum atomic E-state index is -0.460. The van der Waals surface area contributed by atoms with Gasteiger partial charge in [0, 0.05) is 12.1 Å². The van der Waals surface area contributed by atoms with Crippen LogP contribution in [0.1, 0.15) is 16.8 Å². The van der Waals surface area contributed by atoms with Crippen LogP contribution in [0.3, 0.4) is 0 Å². The van der Waals surface area contributed by atoms with Crippen LogP contribution in [0.5, 0.6) is 0 Å². The molecule has 0 saturated carbocycles. The molecule has 1 aromatic carbocycles. The van der Waals surface area contributed by atoms with Crippen molar-refractivity contribution < 1.29 is 23.5 Å². The summed E-state index contributed by atoms with van der Waals surface area (Å²) in [4.78, 5) is 37.0. The van der Waals surface area contributed by atoms with E-state index in [-0.39, 0.29) is 24.6 Å². The number of halogens is 1. The van der Waals surface area contributed by atoms with Gasteiger partial charge in [0.15, 0.2) is 0 Å². The maximum absolute atomic E-state index is 12.8. The van der Waals surface area contributed by atoms with E-state index in [1.54, 1.807) is 6.08 Å². The van der Waals surface area contributed by atoms with Crippen LogP contribution in [0.15, 0.2) is 35.9 Å². The normalized spacial score (nSPS) is 14.0. The first kappa shape index (κ1) is 16.7. The minimum absolute atomic E-state index is 0.165. The number of nitrogens with one attached hydrogen (secondary N) is 1. The van der Waals surface area contributed by atoms with Crippen LogP contribution in [-0.2, 0) is 14.3 Å². The lowest BCUT2D eigenvalue weighted by atomic mass is 10.1. The number of esters is 1. The maximum atomic E-state index is 12.8. The Morgan fingerprint density at radius 2 is 1.96 bits per heavy atom. The smallest absolute Gasteiger partial charge is 0.335 e. The molecule has 1 heterocycles. The summed E-state index contributed by atoms with van der Waals surface area (Å²) in [6.45, 7) is 0.453. The molecule has 2 rings (SSSR count). The van der Waals surface area contributed by atoms with Gasteiger partial charge in [-0.1, -0.05) is 6.08 Å². The van der Waals surface area contributed by atoms with Crippen LogP contribution >= 0.6 is 0 Å². The van der Waals surface area contributed by atoms with E-state index in [1.165, 1.54) is 36.3 Å². The van der Waals surface area contributed by atoms with Crippen molar-refractivity contribution in [2.24, 2.45) is 0 Å². The third-order valence-corrected chi connectivity index (χ3v) is 3.46. The highest BCUT2D eigenvalue weighted by Gasteiger charge is 2.22. The van der Waals surface area contributed by atoms with Gasteiger partial charge in [-0.2, -0.15) is 0 Å². The number of carbonyl (C=O) groups is 3. The number of nitrogens with zero attached hydrogens (tertiary/aromatic N) is 1. The molecule has 0 unspecified atom stereocenters. The second-order valence-electron chi connectivity index (χ2n) is 5.01. The molecular weight excluding hydrogens is 303 g/mol. The van der Waals surface area contributed by atoms with Gasteiger partial charge in [0.05, 0.1) is 25.8 Å². The summed E-state index contributed by atoms with van der Waals surface area (Å²) in [6, 6.07) is 5.03. The highest BCUT2D eigenvalue weighted by Crippen LogP contribution is 2.11. The number of ether oxygens (including phenoxy) is 1. The van der Waals surface area contributed by atoms with E-state index in [0.29, 0.717) is 18.5 Å². The molecule has 1 aliphatic rings. The van der Waals surface area contributed by atoms with Crippen LogP contribution in [0.4, 0.5) is 4.39 Å². The Balaban J connectivity index is 1.87. The molecule has 122 valence electrons. The molecule has 2 amide bonds. The number of rotatable bonds is 4. The van der Waals surface area contributed by atoms with Gasteiger partial charge in [0.25, 0.3) is 5.91 Å². The van der Waals surface area contributed by atoms with Crippen molar-refractivity contribution in [3.05, 3.63) is 47.3 Å². The standard InChI is InChI=1S/C16H17FN2O4/c1-23-16(22)12-3-2-8-19(10-12)14(20)9-18-15(21)11-4-6-13(17)7-5-11/h3-7H,2,8-10H2,1H3,(H,18,21). The molecule has 23 heavy (non-hydrogen) atoms. The molecule has 0 radical (unpaired) electrons. The van der Waals surface area contributed by atoms with Crippen LogP contribution in [0.2, 0.25) is 0 Å². The van der Waals surface area contributed by atoms with Crippen molar-refractivity contribution in [3.63, 3.8) is 0 Å². The van der Waals surface area contributed by atoms with Crippen molar-refractivity contribution in [2.45, 2.75) is 6.42 Å². The van der Waals surface area contributed by atoms with Gasteiger partial charge >= 0.3 is 5.97 Å². The van der Waals surface area contributed by atoms with Gasteiger partial charge in [0.2, 0.25) is 5.91 Å². The summed E-state index contributed by atoms with van der Waals surface area (Å²) in [7, 11) is 1.28. The molecule has 1 aromatic rings. The van der Waals surface area contributed by atoms with Gasteiger partial charge in [-0.25, -0.2) is 9.18 Å². The SMILES string of the molecule is COC(=O)C1=CCCN(C(=O)CNC(=O)c2ccc(F)cc2)C1. The molecule has 0 fully saturated rings. The fourth-order valence-electron chi connectivity index (χ4n) is 2.21. The number of amides is 2. The quantitative estimate of drug-likeness (QED) is 0.836. The first-order chi connectivity index (χ1) is 11.0. The zero-order valence-corrected chi connectivity index (χ0v) is 12.7. The fourth-order valence-corrected chi connectivity index (χ4v) is 2.21. The maximum Gasteiger partial charge on any atom is 0.335 e. The molecule has 0 saturated heterocycles. The number of hydrogen-bond acceptors (Lipinski definition) is 4. The summed E-state index contributed by atoms with van der Waals surface area (Å²) >= 11 is 0. The Bertz CT molecular complexity index is 640. The van der Waals surface area contributed by atoms with Gasteiger partial charge in [-0.3, -0.25) is 9.59 Å². The molecule has 7 heteroatoms. The number of benzene rings is 1. The van der Waals surface area contributed by atoms with E-state index in [9.17, 15) is 18.8 Å². The summed E-state index contributed by atoms with van der Waals surface area (Å²) in [5.41, 5.74) is 0.699. The molecule has 1 aliphatic heterocycles. The van der Waals surface area contributed by atoms with E-state index in [1.807, 2.05) is 0 Å². The van der Waals surface area contributed by atoms with Crippen molar-refractivity contribution >= 4 is 17.8 Å². The zero-order chi connectivity index (χ0) is 16.8. The van der Waals surface area contributed by atoms with Gasteiger partial charge in [0.1, 0.15) is 5.82 Å². The lowest BCUT2D eigenvalue weighted by molar-refractivity contribution is -0.137. The lowest BCUT2D eigenvalue weighted by Crippen LogP contribution is -2.43. The van der Waals surface area contributed by atoms with Crippen molar-refractivity contribution in [3.8, 4) is 0 Å². The monoisotopic (exact) mass is 320 g/mol. The molecular formula is C16H17FN2O4. The largest absolute Gasteiger partial charge is 0.466 e. The Morgan fingerprint density at radius 1 is 1.26 bits per heavy atom. The predicted molar refractivity (Wildman–Crippen MR) is 80.0 cm³/mol. The molecule has 0 spiro atoms. The Kier molecular flexibility index (Phi) is 5.46. The highest BCUT2D eigenvalue weighted by atomic mass is 19.1. The van der Waals surface area contributed by atoms with Crippen LogP contribution < -0.4 is 5.32 Å². The zero-order valence-electron chi connectivity index (χ0n) is 12.7. The van der Waals surface area contributed by atoms with E-state index in [4.69, 9.17) is 0 Å². The first-order valence-corrected chi connectivity index (χ1v) is 7.10. The second-order valence-corrected chi connectivity index (χ2v) is 5.01. The van der Waals surface area contributed by atoms with Gasteiger partial charge in [-0.05, 0) is 30.7 Å². The Morgan fingerprint density at radius 3 is 2.61 bits per heavy atom. The predicted octanol–water partition coefficient (Wildman–Crippen LogP) is 0.887. The van der Waals surface area contributed by atoms with Crippen molar-refractivity contribution in [2.75, 3.05) is 26.7 Å². The Hall–Kier alpha value is -2.70. The summed E-state index contributed by atoms with van der Waals surface area (Å²) < 4.78 is 17.4. The summed E-state index contributed by atoms with van der Waals surface area (Å²) in [5.74, 6) is -1.65. The van der Waals surface area contributed by atoms with E-state index < -0.39 is 17.7 Å². The minimum Gasteiger partial charge on any atom is -0.466 e. The highest BCUT2D eigenvalue weighted by molar-refractivity contribution is 5.96. The topological polar surface area (TPSA) is 75.7 Å². The number of methoxy groups -OCH3 is 1. The summed E-state index contributed by atoms with van der Waals surface area (Å²) in [5, 5.41) is 2.49. The number of hydrogen-bond donors (Lipinski definition) is 1. The average molecular weight is 320 g/mol. The van der Waals surface area contributed by atoms with E-state index in [2.05, 4.69) is 10.1 Å². The molecule has 0 aliphatic carbocycles. The third kappa shape index (κ3) is 4.38. The third-order valence-electron chi connectivity index (χ3n) is 3.46. The molecule has 6 nitrogen and oxygen atoms in total. The van der Waals surface area contributed by atoms with Crippen molar-refractivity contribution in [1.29, 1.82) is 0 Å². The van der Waals surface area contributed by atoms with E-state index in [0.717, 1.165) is 0 Å². The molecule has 1 N–H and O–H groups in total. The van der Waals surface area contributed by atoms with Crippen LogP contribution in [0, 0.1) is 5.82 Å². The molecule has 0 aromatic heterocycles.